The Bertz CT molecular complexity index is 737. The van der Waals surface area contributed by atoms with Crippen molar-refractivity contribution in [3.8, 4) is 5.75 Å². The Labute approximate surface area is 135 Å². The van der Waals surface area contributed by atoms with Crippen molar-refractivity contribution in [3.63, 3.8) is 0 Å². The molecule has 8 heteroatoms. The molecular formula is C16H12F3NO4. The van der Waals surface area contributed by atoms with Gasteiger partial charge in [-0.05, 0) is 30.3 Å². The minimum absolute atomic E-state index is 0.00426. The van der Waals surface area contributed by atoms with Gasteiger partial charge in [-0.3, -0.25) is 4.79 Å². The highest BCUT2D eigenvalue weighted by Crippen LogP contribution is 2.25. The van der Waals surface area contributed by atoms with Crippen molar-refractivity contribution in [2.45, 2.75) is 6.61 Å². The van der Waals surface area contributed by atoms with Crippen LogP contribution >= 0.6 is 0 Å². The maximum atomic E-state index is 13.0. The topological polar surface area (TPSA) is 64.6 Å². The van der Waals surface area contributed by atoms with Gasteiger partial charge in [-0.1, -0.05) is 18.2 Å². The van der Waals surface area contributed by atoms with E-state index in [9.17, 15) is 22.8 Å². The van der Waals surface area contributed by atoms with Gasteiger partial charge in [0.1, 0.15) is 11.6 Å². The molecular weight excluding hydrogens is 327 g/mol. The van der Waals surface area contributed by atoms with E-state index in [-0.39, 0.29) is 17.0 Å². The van der Waals surface area contributed by atoms with Gasteiger partial charge in [0.15, 0.2) is 6.61 Å². The second kappa shape index (κ2) is 8.00. The number of carbonyl (C=O) groups is 2. The lowest BCUT2D eigenvalue weighted by Gasteiger charge is -2.11. The zero-order valence-electron chi connectivity index (χ0n) is 12.2. The smallest absolute Gasteiger partial charge is 0.387 e. The number of benzene rings is 2. The van der Waals surface area contributed by atoms with Crippen LogP contribution in [0.3, 0.4) is 0 Å². The van der Waals surface area contributed by atoms with E-state index < -0.39 is 30.9 Å². The van der Waals surface area contributed by atoms with E-state index in [0.717, 1.165) is 12.1 Å². The normalized spacial score (nSPS) is 10.3. The fourth-order valence-electron chi connectivity index (χ4n) is 1.78. The maximum Gasteiger partial charge on any atom is 0.387 e. The van der Waals surface area contributed by atoms with E-state index in [1.165, 1.54) is 36.4 Å². The summed E-state index contributed by atoms with van der Waals surface area (Å²) < 4.78 is 46.5. The van der Waals surface area contributed by atoms with Crippen LogP contribution in [0.2, 0.25) is 0 Å². The molecule has 0 atom stereocenters. The molecule has 0 spiro atoms. The van der Waals surface area contributed by atoms with Crippen molar-refractivity contribution in [2.75, 3.05) is 11.9 Å². The highest BCUT2D eigenvalue weighted by atomic mass is 19.3. The zero-order valence-corrected chi connectivity index (χ0v) is 12.2. The molecule has 0 saturated heterocycles. The lowest BCUT2D eigenvalue weighted by atomic mass is 10.2. The Kier molecular flexibility index (Phi) is 5.78. The summed E-state index contributed by atoms with van der Waals surface area (Å²) in [4.78, 5) is 23.4. The summed E-state index contributed by atoms with van der Waals surface area (Å²) in [6, 6.07) is 10.3. The molecule has 5 nitrogen and oxygen atoms in total. The summed E-state index contributed by atoms with van der Waals surface area (Å²) in [5, 5.41) is 2.29. The minimum atomic E-state index is -3.05. The number of nitrogens with one attached hydrogen (secondary N) is 1. The van der Waals surface area contributed by atoms with Crippen LogP contribution in [-0.2, 0) is 9.53 Å². The van der Waals surface area contributed by atoms with Crippen molar-refractivity contribution in [2.24, 2.45) is 0 Å². The van der Waals surface area contributed by atoms with Gasteiger partial charge in [0.2, 0.25) is 0 Å². The molecule has 0 fully saturated rings. The molecule has 0 aliphatic rings. The van der Waals surface area contributed by atoms with Gasteiger partial charge in [-0.15, -0.1) is 0 Å². The van der Waals surface area contributed by atoms with Gasteiger partial charge >= 0.3 is 12.6 Å². The number of hydrogen-bond acceptors (Lipinski definition) is 4. The van der Waals surface area contributed by atoms with Gasteiger partial charge < -0.3 is 14.8 Å². The van der Waals surface area contributed by atoms with E-state index >= 15 is 0 Å². The molecule has 0 radical (unpaired) electrons. The number of esters is 1. The van der Waals surface area contributed by atoms with E-state index in [4.69, 9.17) is 4.74 Å². The summed E-state index contributed by atoms with van der Waals surface area (Å²) in [7, 11) is 0. The van der Waals surface area contributed by atoms with Gasteiger partial charge in [-0.25, -0.2) is 9.18 Å². The van der Waals surface area contributed by atoms with Crippen LogP contribution in [0.25, 0.3) is 0 Å². The molecule has 2 rings (SSSR count). The summed E-state index contributed by atoms with van der Waals surface area (Å²) in [5.74, 6) is -2.49. The molecule has 2 aromatic carbocycles. The average Bonchev–Trinajstić information content (AvgIpc) is 2.54. The SMILES string of the molecule is O=C(COC(=O)c1cccc(F)c1)Nc1ccccc1OC(F)F. The molecule has 0 aromatic heterocycles. The fraction of sp³-hybridized carbons (Fsp3) is 0.125. The minimum Gasteiger partial charge on any atom is -0.452 e. The molecule has 0 saturated carbocycles. The van der Waals surface area contributed by atoms with Crippen LogP contribution in [0.15, 0.2) is 48.5 Å². The molecule has 0 aliphatic heterocycles. The number of para-hydroxylation sites is 2. The predicted octanol–water partition coefficient (Wildman–Crippen LogP) is 3.22. The first-order chi connectivity index (χ1) is 11.5. The fourth-order valence-corrected chi connectivity index (χ4v) is 1.78. The molecule has 2 aromatic rings. The number of anilines is 1. The Hall–Kier alpha value is -3.03. The van der Waals surface area contributed by atoms with Gasteiger partial charge in [0.05, 0.1) is 11.3 Å². The van der Waals surface area contributed by atoms with Crippen molar-refractivity contribution in [1.82, 2.24) is 0 Å². The number of hydrogen-bond donors (Lipinski definition) is 1. The first-order valence-corrected chi connectivity index (χ1v) is 6.72. The second-order valence-electron chi connectivity index (χ2n) is 4.51. The number of carbonyl (C=O) groups excluding carboxylic acids is 2. The third-order valence-electron chi connectivity index (χ3n) is 2.77. The Morgan fingerprint density at radius 3 is 2.54 bits per heavy atom. The quantitative estimate of drug-likeness (QED) is 0.821. The lowest BCUT2D eigenvalue weighted by molar-refractivity contribution is -0.119. The van der Waals surface area contributed by atoms with Gasteiger partial charge in [-0.2, -0.15) is 8.78 Å². The Balaban J connectivity index is 1.93. The molecule has 1 N–H and O–H groups in total. The Morgan fingerprint density at radius 1 is 1.08 bits per heavy atom. The lowest BCUT2D eigenvalue weighted by Crippen LogP contribution is -2.21. The van der Waals surface area contributed by atoms with E-state index in [2.05, 4.69) is 10.1 Å². The molecule has 126 valence electrons. The van der Waals surface area contributed by atoms with Crippen molar-refractivity contribution in [1.29, 1.82) is 0 Å². The van der Waals surface area contributed by atoms with Crippen molar-refractivity contribution in [3.05, 3.63) is 59.9 Å². The van der Waals surface area contributed by atoms with Crippen LogP contribution < -0.4 is 10.1 Å². The van der Waals surface area contributed by atoms with Crippen molar-refractivity contribution < 1.29 is 32.2 Å². The first-order valence-electron chi connectivity index (χ1n) is 6.72. The Morgan fingerprint density at radius 2 is 1.83 bits per heavy atom. The van der Waals surface area contributed by atoms with E-state index in [1.54, 1.807) is 0 Å². The second-order valence-corrected chi connectivity index (χ2v) is 4.51. The molecule has 0 unspecified atom stereocenters. The highest BCUT2D eigenvalue weighted by molar-refractivity contribution is 5.96. The number of alkyl halides is 2. The monoisotopic (exact) mass is 339 g/mol. The van der Waals surface area contributed by atoms with E-state index in [1.807, 2.05) is 0 Å². The summed E-state index contributed by atoms with van der Waals surface area (Å²) in [6.07, 6.45) is 0. The molecule has 0 heterocycles. The molecule has 0 aliphatic carbocycles. The first kappa shape index (κ1) is 17.3. The third-order valence-corrected chi connectivity index (χ3v) is 2.77. The number of rotatable bonds is 6. The van der Waals surface area contributed by atoms with Crippen LogP contribution in [0.5, 0.6) is 5.75 Å². The average molecular weight is 339 g/mol. The number of halogens is 3. The van der Waals surface area contributed by atoms with Crippen LogP contribution in [0, 0.1) is 5.82 Å². The largest absolute Gasteiger partial charge is 0.452 e. The predicted molar refractivity (Wildman–Crippen MR) is 78.4 cm³/mol. The molecule has 1 amide bonds. The summed E-state index contributed by atoms with van der Waals surface area (Å²) in [6.45, 7) is -3.72. The maximum absolute atomic E-state index is 13.0. The van der Waals surface area contributed by atoms with Crippen LogP contribution in [0.1, 0.15) is 10.4 Å². The zero-order chi connectivity index (χ0) is 17.5. The van der Waals surface area contributed by atoms with Gasteiger partial charge in [0.25, 0.3) is 5.91 Å². The van der Waals surface area contributed by atoms with Crippen LogP contribution in [0.4, 0.5) is 18.9 Å². The molecule has 24 heavy (non-hydrogen) atoms. The van der Waals surface area contributed by atoms with Gasteiger partial charge in [0, 0.05) is 0 Å². The number of amides is 1. The third kappa shape index (κ3) is 5.01. The molecule has 0 bridgehead atoms. The highest BCUT2D eigenvalue weighted by Gasteiger charge is 2.14. The standard InChI is InChI=1S/C16H12F3NO4/c17-11-5-3-4-10(8-11)15(22)23-9-14(21)20-12-6-1-2-7-13(12)24-16(18)19/h1-8,16H,9H2,(H,20,21). The van der Waals surface area contributed by atoms with Crippen LogP contribution in [-0.4, -0.2) is 25.1 Å². The number of ether oxygens (including phenoxy) is 2. The van der Waals surface area contributed by atoms with E-state index in [0.29, 0.717) is 0 Å². The summed E-state index contributed by atoms with van der Waals surface area (Å²) in [5.41, 5.74) is -0.0474. The summed E-state index contributed by atoms with van der Waals surface area (Å²) >= 11 is 0. The van der Waals surface area contributed by atoms with Crippen molar-refractivity contribution >= 4 is 17.6 Å².